The van der Waals surface area contributed by atoms with Gasteiger partial charge in [-0.1, -0.05) is 6.07 Å². The molecule has 0 bridgehead atoms. The molecule has 2 N–H and O–H groups in total. The van der Waals surface area contributed by atoms with Crippen LogP contribution in [0.15, 0.2) is 23.3 Å². The summed E-state index contributed by atoms with van der Waals surface area (Å²) in [6.07, 6.45) is 0.283. The average molecular weight is 239 g/mol. The Kier molecular flexibility index (Phi) is 3.98. The monoisotopic (exact) mass is 239 g/mol. The van der Waals surface area contributed by atoms with Crippen LogP contribution in [0.2, 0.25) is 0 Å². The second kappa shape index (κ2) is 5.45. The number of nitrogens with zero attached hydrogens (tertiary/aromatic N) is 2. The number of rotatable bonds is 3. The van der Waals surface area contributed by atoms with Crippen molar-refractivity contribution in [3.63, 3.8) is 0 Å². The first-order valence-electron chi connectivity index (χ1n) is 4.39. The van der Waals surface area contributed by atoms with Crippen LogP contribution in [0.4, 0.5) is 10.5 Å². The third-order valence-electron chi connectivity index (χ3n) is 1.79. The highest BCUT2D eigenvalue weighted by atomic mass is 16.6. The van der Waals surface area contributed by atoms with Crippen LogP contribution in [0.5, 0.6) is 5.75 Å². The minimum atomic E-state index is -0.786. The molecule has 0 radical (unpaired) electrons. The maximum Gasteiger partial charge on any atom is 0.427 e. The fourth-order valence-corrected chi connectivity index (χ4v) is 1.00. The van der Waals surface area contributed by atoms with Gasteiger partial charge in [-0.25, -0.2) is 10.2 Å². The molecule has 1 aromatic carbocycles. The predicted molar refractivity (Wildman–Crippen MR) is 57.9 cm³/mol. The van der Waals surface area contributed by atoms with E-state index in [1.165, 1.54) is 12.1 Å². The molecule has 1 amide bonds. The maximum absolute atomic E-state index is 10.6. The van der Waals surface area contributed by atoms with Crippen molar-refractivity contribution in [2.75, 3.05) is 7.11 Å². The molecule has 8 heteroatoms. The van der Waals surface area contributed by atoms with E-state index in [-0.39, 0.29) is 5.56 Å². The standard InChI is InChI=1S/C9H9N3O5/c1-17-9(14)11-10-5-6-3-2-4-7(8(6)13)12(15)16/h2-5,13H,1H3,(H,11,14)/b10-5+. The number of phenols is 1. The van der Waals surface area contributed by atoms with Crippen molar-refractivity contribution < 1.29 is 19.6 Å². The number of aromatic hydroxyl groups is 1. The topological polar surface area (TPSA) is 114 Å². The zero-order chi connectivity index (χ0) is 12.8. The molecule has 0 saturated carbocycles. The van der Waals surface area contributed by atoms with E-state index in [1.54, 1.807) is 0 Å². The van der Waals surface area contributed by atoms with E-state index < -0.39 is 22.5 Å². The summed E-state index contributed by atoms with van der Waals surface area (Å²) in [6, 6.07) is 3.95. The molecule has 0 aliphatic rings. The van der Waals surface area contributed by atoms with E-state index in [4.69, 9.17) is 0 Å². The van der Waals surface area contributed by atoms with E-state index in [1.807, 2.05) is 5.43 Å². The molecule has 17 heavy (non-hydrogen) atoms. The summed E-state index contributed by atoms with van der Waals surface area (Å²) in [6.45, 7) is 0. The largest absolute Gasteiger partial charge is 0.502 e. The number of methoxy groups -OCH3 is 1. The van der Waals surface area contributed by atoms with Gasteiger partial charge in [-0.3, -0.25) is 10.1 Å². The molecule has 8 nitrogen and oxygen atoms in total. The molecule has 0 fully saturated rings. The number of carbonyl (C=O) groups is 1. The predicted octanol–water partition coefficient (Wildman–Crippen LogP) is 0.990. The number of phenolic OH excluding ortho intramolecular Hbond substituents is 1. The van der Waals surface area contributed by atoms with Crippen molar-refractivity contribution in [1.82, 2.24) is 5.43 Å². The molecule has 0 unspecified atom stereocenters. The van der Waals surface area contributed by atoms with Gasteiger partial charge in [0.1, 0.15) is 0 Å². The van der Waals surface area contributed by atoms with Crippen LogP contribution in [0.3, 0.4) is 0 Å². The second-order valence-electron chi connectivity index (χ2n) is 2.83. The highest BCUT2D eigenvalue weighted by Crippen LogP contribution is 2.27. The molecule has 1 aromatic rings. The summed E-state index contributed by atoms with van der Waals surface area (Å²) in [4.78, 5) is 20.4. The SMILES string of the molecule is COC(=O)N/N=C/c1cccc([N+](=O)[O-])c1O. The second-order valence-corrected chi connectivity index (χ2v) is 2.83. The smallest absolute Gasteiger partial charge is 0.427 e. The third-order valence-corrected chi connectivity index (χ3v) is 1.79. The lowest BCUT2D eigenvalue weighted by Crippen LogP contribution is -2.16. The lowest BCUT2D eigenvalue weighted by atomic mass is 10.2. The van der Waals surface area contributed by atoms with Gasteiger partial charge in [0, 0.05) is 11.6 Å². The van der Waals surface area contributed by atoms with Gasteiger partial charge in [-0.15, -0.1) is 0 Å². The Balaban J connectivity index is 2.89. The van der Waals surface area contributed by atoms with Crippen molar-refractivity contribution in [2.45, 2.75) is 0 Å². The zero-order valence-electron chi connectivity index (χ0n) is 8.78. The molecule has 0 saturated heterocycles. The van der Waals surface area contributed by atoms with E-state index in [2.05, 4.69) is 9.84 Å². The fraction of sp³-hybridized carbons (Fsp3) is 0.111. The Hall–Kier alpha value is -2.64. The van der Waals surface area contributed by atoms with Crippen LogP contribution in [0.1, 0.15) is 5.56 Å². The van der Waals surface area contributed by atoms with Crippen molar-refractivity contribution >= 4 is 18.0 Å². The van der Waals surface area contributed by atoms with E-state index in [9.17, 15) is 20.0 Å². The van der Waals surface area contributed by atoms with Crippen LogP contribution < -0.4 is 5.43 Å². The number of hydrogen-bond donors (Lipinski definition) is 2. The van der Waals surface area contributed by atoms with Gasteiger partial charge in [0.25, 0.3) is 0 Å². The molecule has 1 rings (SSSR count). The van der Waals surface area contributed by atoms with E-state index >= 15 is 0 Å². The maximum atomic E-state index is 10.6. The van der Waals surface area contributed by atoms with Crippen molar-refractivity contribution in [3.8, 4) is 5.75 Å². The van der Waals surface area contributed by atoms with Crippen molar-refractivity contribution in [2.24, 2.45) is 5.10 Å². The van der Waals surface area contributed by atoms with Gasteiger partial charge in [-0.2, -0.15) is 5.10 Å². The van der Waals surface area contributed by atoms with Crippen LogP contribution in [-0.4, -0.2) is 29.4 Å². The first-order valence-corrected chi connectivity index (χ1v) is 4.39. The van der Waals surface area contributed by atoms with Gasteiger partial charge in [0.05, 0.1) is 18.2 Å². The first-order chi connectivity index (χ1) is 8.06. The zero-order valence-corrected chi connectivity index (χ0v) is 8.78. The van der Waals surface area contributed by atoms with Crippen molar-refractivity contribution in [3.05, 3.63) is 33.9 Å². The summed E-state index contributed by atoms with van der Waals surface area (Å²) >= 11 is 0. The number of carbonyl (C=O) groups excluding carboxylic acids is 1. The van der Waals surface area contributed by atoms with Gasteiger partial charge in [0.15, 0.2) is 0 Å². The summed E-state index contributed by atoms with van der Waals surface area (Å²) < 4.78 is 4.25. The molecule has 0 aromatic heterocycles. The van der Waals surface area contributed by atoms with Gasteiger partial charge >= 0.3 is 11.8 Å². The Morgan fingerprint density at radius 3 is 2.94 bits per heavy atom. The summed E-state index contributed by atoms with van der Waals surface area (Å²) in [7, 11) is 1.16. The third kappa shape index (κ3) is 3.16. The Labute approximate surface area is 95.7 Å². The number of amides is 1. The Morgan fingerprint density at radius 1 is 1.65 bits per heavy atom. The number of para-hydroxylation sites is 1. The van der Waals surface area contributed by atoms with E-state index in [0.29, 0.717) is 0 Å². The van der Waals surface area contributed by atoms with E-state index in [0.717, 1.165) is 19.4 Å². The number of nitro benzene ring substituents is 1. The normalized spacial score (nSPS) is 10.2. The average Bonchev–Trinajstić information content (AvgIpc) is 2.30. The fourth-order valence-electron chi connectivity index (χ4n) is 1.00. The minimum absolute atomic E-state index is 0.107. The molecule has 90 valence electrons. The Morgan fingerprint density at radius 2 is 2.35 bits per heavy atom. The molecule has 0 heterocycles. The first kappa shape index (κ1) is 12.4. The summed E-state index contributed by atoms with van der Waals surface area (Å²) in [5, 5.41) is 23.5. The van der Waals surface area contributed by atoms with Crippen LogP contribution >= 0.6 is 0 Å². The number of hydrazone groups is 1. The molecular weight excluding hydrogens is 230 g/mol. The van der Waals surface area contributed by atoms with Gasteiger partial charge < -0.3 is 9.84 Å². The number of benzene rings is 1. The number of nitro groups is 1. The highest BCUT2D eigenvalue weighted by Gasteiger charge is 2.14. The van der Waals surface area contributed by atoms with Crippen molar-refractivity contribution in [1.29, 1.82) is 0 Å². The lowest BCUT2D eigenvalue weighted by molar-refractivity contribution is -0.385. The summed E-state index contributed by atoms with van der Waals surface area (Å²) in [5.41, 5.74) is 1.65. The number of nitrogens with one attached hydrogen (secondary N) is 1. The quantitative estimate of drug-likeness (QED) is 0.463. The number of hydrogen-bond acceptors (Lipinski definition) is 6. The van der Waals surface area contributed by atoms with Gasteiger partial charge in [-0.05, 0) is 6.07 Å². The summed E-state index contributed by atoms with van der Waals surface area (Å²) in [5.74, 6) is -0.520. The molecule has 0 aliphatic heterocycles. The molecular formula is C9H9N3O5. The number of ether oxygens (including phenoxy) is 1. The lowest BCUT2D eigenvalue weighted by Gasteiger charge is -1.99. The van der Waals surface area contributed by atoms with Gasteiger partial charge in [0.2, 0.25) is 5.75 Å². The minimum Gasteiger partial charge on any atom is -0.502 e. The molecule has 0 spiro atoms. The Bertz CT molecular complexity index is 472. The van der Waals surface area contributed by atoms with Crippen LogP contribution in [-0.2, 0) is 4.74 Å². The van der Waals surface area contributed by atoms with Crippen LogP contribution in [0.25, 0.3) is 0 Å². The molecule has 0 atom stereocenters. The highest BCUT2D eigenvalue weighted by molar-refractivity contribution is 5.86. The van der Waals surface area contributed by atoms with Crippen LogP contribution in [0, 0.1) is 10.1 Å². The molecule has 0 aliphatic carbocycles.